The molecule has 5 heteroatoms. The molecular formula is C12H19FN2OS. The zero-order valence-corrected chi connectivity index (χ0v) is 11.1. The summed E-state index contributed by atoms with van der Waals surface area (Å²) in [7, 11) is -1.19. The van der Waals surface area contributed by atoms with Crippen molar-refractivity contribution in [3.63, 3.8) is 0 Å². The summed E-state index contributed by atoms with van der Waals surface area (Å²) >= 11 is 0. The standard InChI is InChI=1S/C12H19FN2OS/c1-3-15(4-2)5-6-17(16)12-8-10(13)7-11(14)9-12/h7-9H,3-6,14H2,1-2H3. The van der Waals surface area contributed by atoms with Gasteiger partial charge in [0.1, 0.15) is 5.82 Å². The highest BCUT2D eigenvalue weighted by molar-refractivity contribution is 7.85. The van der Waals surface area contributed by atoms with Crippen molar-refractivity contribution in [3.05, 3.63) is 24.0 Å². The van der Waals surface area contributed by atoms with E-state index in [0.717, 1.165) is 19.6 Å². The number of nitrogens with two attached hydrogens (primary N) is 1. The van der Waals surface area contributed by atoms with Crippen LogP contribution in [-0.4, -0.2) is 34.5 Å². The molecule has 0 aliphatic heterocycles. The topological polar surface area (TPSA) is 46.3 Å². The predicted octanol–water partition coefficient (Wildman–Crippen LogP) is 1.86. The zero-order valence-electron chi connectivity index (χ0n) is 10.3. The first kappa shape index (κ1) is 14.1. The molecule has 1 aromatic rings. The van der Waals surface area contributed by atoms with Crippen molar-refractivity contribution < 1.29 is 8.60 Å². The SMILES string of the molecule is CCN(CC)CCS(=O)c1cc(N)cc(F)c1. The summed E-state index contributed by atoms with van der Waals surface area (Å²) in [4.78, 5) is 2.65. The number of rotatable bonds is 6. The van der Waals surface area contributed by atoms with Gasteiger partial charge in [-0.1, -0.05) is 13.8 Å². The Kier molecular flexibility index (Phi) is 5.58. The number of nitrogens with zero attached hydrogens (tertiary/aromatic N) is 1. The van der Waals surface area contributed by atoms with E-state index < -0.39 is 16.6 Å². The number of anilines is 1. The fraction of sp³-hybridized carbons (Fsp3) is 0.500. The van der Waals surface area contributed by atoms with E-state index in [1.165, 1.54) is 12.1 Å². The highest BCUT2D eigenvalue weighted by Crippen LogP contribution is 2.14. The van der Waals surface area contributed by atoms with Gasteiger partial charge in [-0.2, -0.15) is 0 Å². The lowest BCUT2D eigenvalue weighted by Gasteiger charge is -2.17. The first-order valence-corrected chi connectivity index (χ1v) is 7.05. The van der Waals surface area contributed by atoms with E-state index in [1.54, 1.807) is 6.07 Å². The van der Waals surface area contributed by atoms with Crippen molar-refractivity contribution in [2.24, 2.45) is 0 Å². The van der Waals surface area contributed by atoms with Gasteiger partial charge in [0.15, 0.2) is 0 Å². The molecule has 0 saturated carbocycles. The smallest absolute Gasteiger partial charge is 0.126 e. The zero-order chi connectivity index (χ0) is 12.8. The van der Waals surface area contributed by atoms with Crippen molar-refractivity contribution in [1.29, 1.82) is 0 Å². The van der Waals surface area contributed by atoms with E-state index in [-0.39, 0.29) is 0 Å². The highest BCUT2D eigenvalue weighted by Gasteiger charge is 2.08. The molecule has 1 unspecified atom stereocenters. The molecule has 0 saturated heterocycles. The first-order valence-electron chi connectivity index (χ1n) is 5.73. The van der Waals surface area contributed by atoms with Crippen molar-refractivity contribution in [2.75, 3.05) is 31.1 Å². The van der Waals surface area contributed by atoms with Crippen LogP contribution in [0.4, 0.5) is 10.1 Å². The molecule has 0 bridgehead atoms. The predicted molar refractivity (Wildman–Crippen MR) is 69.9 cm³/mol. The molecule has 1 aromatic carbocycles. The largest absolute Gasteiger partial charge is 0.399 e. The van der Waals surface area contributed by atoms with Gasteiger partial charge in [-0.15, -0.1) is 0 Å². The average Bonchev–Trinajstić information content (AvgIpc) is 2.28. The summed E-state index contributed by atoms with van der Waals surface area (Å²) in [6.07, 6.45) is 0. The van der Waals surface area contributed by atoms with Crippen LogP contribution in [0.25, 0.3) is 0 Å². The molecule has 1 atom stereocenters. The third kappa shape index (κ3) is 4.44. The van der Waals surface area contributed by atoms with Crippen LogP contribution < -0.4 is 5.73 Å². The fourth-order valence-electron chi connectivity index (χ4n) is 1.59. The summed E-state index contributed by atoms with van der Waals surface area (Å²) in [5, 5.41) is 0. The second kappa shape index (κ2) is 6.71. The Bertz CT molecular complexity index is 374. The third-order valence-corrected chi connectivity index (χ3v) is 3.96. The molecule has 0 aliphatic carbocycles. The lowest BCUT2D eigenvalue weighted by atomic mass is 10.3. The van der Waals surface area contributed by atoms with Crippen LogP contribution in [0.2, 0.25) is 0 Å². The molecule has 2 N–H and O–H groups in total. The normalized spacial score (nSPS) is 12.9. The second-order valence-corrected chi connectivity index (χ2v) is 5.37. The van der Waals surface area contributed by atoms with Crippen LogP contribution in [0.5, 0.6) is 0 Å². The van der Waals surface area contributed by atoms with Gasteiger partial charge in [-0.05, 0) is 31.3 Å². The van der Waals surface area contributed by atoms with E-state index in [0.29, 0.717) is 16.3 Å². The van der Waals surface area contributed by atoms with E-state index in [2.05, 4.69) is 18.7 Å². The number of hydrogen-bond donors (Lipinski definition) is 1. The van der Waals surface area contributed by atoms with E-state index in [1.807, 2.05) is 0 Å². The molecule has 1 rings (SSSR count). The number of nitrogen functional groups attached to an aromatic ring is 1. The molecule has 3 nitrogen and oxygen atoms in total. The Hall–Kier alpha value is -0.940. The molecule has 17 heavy (non-hydrogen) atoms. The number of hydrogen-bond acceptors (Lipinski definition) is 3. The van der Waals surface area contributed by atoms with Crippen molar-refractivity contribution in [2.45, 2.75) is 18.7 Å². The molecular weight excluding hydrogens is 239 g/mol. The summed E-state index contributed by atoms with van der Waals surface area (Å²) in [6, 6.07) is 4.08. The van der Waals surface area contributed by atoms with Crippen LogP contribution in [0.3, 0.4) is 0 Å². The van der Waals surface area contributed by atoms with E-state index in [4.69, 9.17) is 5.73 Å². The molecule has 0 spiro atoms. The van der Waals surface area contributed by atoms with Crippen LogP contribution in [0, 0.1) is 5.82 Å². The second-order valence-electron chi connectivity index (χ2n) is 3.80. The average molecular weight is 258 g/mol. The Labute approximate surface area is 104 Å². The van der Waals surface area contributed by atoms with Crippen molar-refractivity contribution in [3.8, 4) is 0 Å². The van der Waals surface area contributed by atoms with Crippen LogP contribution in [-0.2, 0) is 10.8 Å². The van der Waals surface area contributed by atoms with E-state index in [9.17, 15) is 8.60 Å². The molecule has 0 radical (unpaired) electrons. The molecule has 0 amide bonds. The molecule has 96 valence electrons. The molecule has 0 heterocycles. The molecule has 0 aromatic heterocycles. The maximum Gasteiger partial charge on any atom is 0.126 e. The third-order valence-electron chi connectivity index (χ3n) is 2.64. The van der Waals surface area contributed by atoms with Crippen LogP contribution in [0.15, 0.2) is 23.1 Å². The van der Waals surface area contributed by atoms with Crippen LogP contribution in [0.1, 0.15) is 13.8 Å². The Morgan fingerprint density at radius 1 is 1.29 bits per heavy atom. The van der Waals surface area contributed by atoms with Crippen LogP contribution >= 0.6 is 0 Å². The van der Waals surface area contributed by atoms with Gasteiger partial charge in [0.2, 0.25) is 0 Å². The summed E-state index contributed by atoms with van der Waals surface area (Å²) < 4.78 is 25.0. The maximum atomic E-state index is 13.1. The van der Waals surface area contributed by atoms with Gasteiger partial charge in [0.05, 0.1) is 10.8 Å². The lowest BCUT2D eigenvalue weighted by Crippen LogP contribution is -2.27. The molecule has 0 fully saturated rings. The quantitative estimate of drug-likeness (QED) is 0.792. The number of halogens is 1. The Morgan fingerprint density at radius 2 is 1.94 bits per heavy atom. The Balaban J connectivity index is 2.63. The minimum atomic E-state index is -1.19. The fourth-order valence-corrected chi connectivity index (χ4v) is 2.76. The van der Waals surface area contributed by atoms with Gasteiger partial charge in [0.25, 0.3) is 0 Å². The van der Waals surface area contributed by atoms with Crippen molar-refractivity contribution in [1.82, 2.24) is 4.90 Å². The minimum absolute atomic E-state index is 0.316. The maximum absolute atomic E-state index is 13.1. The van der Waals surface area contributed by atoms with Crippen molar-refractivity contribution >= 4 is 16.5 Å². The summed E-state index contributed by atoms with van der Waals surface area (Å²) in [6.45, 7) is 6.73. The molecule has 0 aliphatic rings. The lowest BCUT2D eigenvalue weighted by molar-refractivity contribution is 0.323. The number of benzene rings is 1. The van der Waals surface area contributed by atoms with Gasteiger partial charge in [-0.25, -0.2) is 4.39 Å². The summed E-state index contributed by atoms with van der Waals surface area (Å²) in [5.74, 6) is 0.0705. The van der Waals surface area contributed by atoms with Gasteiger partial charge in [0, 0.05) is 22.9 Å². The monoisotopic (exact) mass is 258 g/mol. The Morgan fingerprint density at radius 3 is 2.47 bits per heavy atom. The van der Waals surface area contributed by atoms with E-state index >= 15 is 0 Å². The highest BCUT2D eigenvalue weighted by atomic mass is 32.2. The van der Waals surface area contributed by atoms with Gasteiger partial charge in [-0.3, -0.25) is 4.21 Å². The first-order chi connectivity index (χ1) is 8.06. The minimum Gasteiger partial charge on any atom is -0.399 e. The van der Waals surface area contributed by atoms with Gasteiger partial charge < -0.3 is 10.6 Å². The summed E-state index contributed by atoms with van der Waals surface area (Å²) in [5.41, 5.74) is 5.84. The van der Waals surface area contributed by atoms with Gasteiger partial charge >= 0.3 is 0 Å².